The van der Waals surface area contributed by atoms with Crippen molar-refractivity contribution in [2.45, 2.75) is 38.1 Å². The van der Waals surface area contributed by atoms with Gasteiger partial charge in [-0.15, -0.1) is 10.2 Å². The molecular weight excluding hydrogens is 258 g/mol. The van der Waals surface area contributed by atoms with Gasteiger partial charge in [0, 0.05) is 19.6 Å². The van der Waals surface area contributed by atoms with Crippen molar-refractivity contribution in [3.63, 3.8) is 0 Å². The first-order valence-corrected chi connectivity index (χ1v) is 7.38. The van der Waals surface area contributed by atoms with E-state index in [1.807, 2.05) is 6.92 Å². The summed E-state index contributed by atoms with van der Waals surface area (Å²) in [6.07, 6.45) is 2.90. The first-order valence-electron chi connectivity index (χ1n) is 7.38. The molecule has 2 N–H and O–H groups in total. The molecule has 2 fully saturated rings. The molecule has 0 aromatic carbocycles. The summed E-state index contributed by atoms with van der Waals surface area (Å²) >= 11 is 0. The van der Waals surface area contributed by atoms with Crippen molar-refractivity contribution in [1.82, 2.24) is 25.7 Å². The molecule has 2 amide bonds. The van der Waals surface area contributed by atoms with Crippen LogP contribution in [0.2, 0.25) is 0 Å². The van der Waals surface area contributed by atoms with E-state index in [0.29, 0.717) is 24.2 Å². The monoisotopic (exact) mass is 279 g/mol. The Morgan fingerprint density at radius 1 is 1.45 bits per heavy atom. The van der Waals surface area contributed by atoms with Crippen LogP contribution in [0.5, 0.6) is 0 Å². The van der Waals surface area contributed by atoms with Crippen molar-refractivity contribution in [2.24, 2.45) is 0 Å². The largest absolute Gasteiger partial charge is 0.423 e. The first kappa shape index (κ1) is 13.4. The van der Waals surface area contributed by atoms with Crippen molar-refractivity contribution >= 4 is 6.03 Å². The van der Waals surface area contributed by atoms with Crippen molar-refractivity contribution in [1.29, 1.82) is 0 Å². The number of amides is 2. The summed E-state index contributed by atoms with van der Waals surface area (Å²) in [6, 6.07) is -0.116. The van der Waals surface area contributed by atoms with Crippen molar-refractivity contribution in [2.75, 3.05) is 26.2 Å². The number of carbonyl (C=O) groups is 1. The number of hydrogen-bond donors (Lipinski definition) is 2. The lowest BCUT2D eigenvalue weighted by molar-refractivity contribution is 0.184. The molecule has 2 aliphatic rings. The molecule has 0 bridgehead atoms. The van der Waals surface area contributed by atoms with Gasteiger partial charge in [-0.2, -0.15) is 0 Å². The highest BCUT2D eigenvalue weighted by atomic mass is 16.4. The van der Waals surface area contributed by atoms with Crippen LogP contribution in [0.25, 0.3) is 0 Å². The molecule has 2 saturated heterocycles. The van der Waals surface area contributed by atoms with E-state index in [1.165, 1.54) is 0 Å². The van der Waals surface area contributed by atoms with Crippen LogP contribution in [0.3, 0.4) is 0 Å². The van der Waals surface area contributed by atoms with Crippen molar-refractivity contribution in [3.8, 4) is 0 Å². The van der Waals surface area contributed by atoms with E-state index in [1.54, 1.807) is 4.90 Å². The second-order valence-corrected chi connectivity index (χ2v) is 5.36. The van der Waals surface area contributed by atoms with E-state index in [-0.39, 0.29) is 12.1 Å². The maximum Gasteiger partial charge on any atom is 0.318 e. The Labute approximate surface area is 118 Å². The minimum atomic E-state index is -0.0721. The quantitative estimate of drug-likeness (QED) is 0.863. The van der Waals surface area contributed by atoms with Gasteiger partial charge in [0.15, 0.2) is 0 Å². The molecule has 3 heterocycles. The van der Waals surface area contributed by atoms with Crippen LogP contribution in [-0.2, 0) is 0 Å². The molecule has 3 rings (SSSR count). The predicted molar refractivity (Wildman–Crippen MR) is 72.3 cm³/mol. The summed E-state index contributed by atoms with van der Waals surface area (Å²) in [5, 5.41) is 14.5. The van der Waals surface area contributed by atoms with E-state index < -0.39 is 0 Å². The molecule has 0 unspecified atom stereocenters. The molecule has 0 aliphatic carbocycles. The highest BCUT2D eigenvalue weighted by Crippen LogP contribution is 2.32. The van der Waals surface area contributed by atoms with E-state index in [4.69, 9.17) is 4.42 Å². The summed E-state index contributed by atoms with van der Waals surface area (Å²) < 4.78 is 5.83. The van der Waals surface area contributed by atoms with Gasteiger partial charge >= 0.3 is 6.03 Å². The number of rotatable bonds is 3. The highest BCUT2D eigenvalue weighted by molar-refractivity contribution is 5.74. The van der Waals surface area contributed by atoms with Gasteiger partial charge in [0.1, 0.15) is 6.04 Å². The van der Waals surface area contributed by atoms with Crippen molar-refractivity contribution < 1.29 is 9.21 Å². The smallest absolute Gasteiger partial charge is 0.318 e. The van der Waals surface area contributed by atoms with Gasteiger partial charge in [0.2, 0.25) is 11.8 Å². The van der Waals surface area contributed by atoms with Gasteiger partial charge in [-0.05, 0) is 32.7 Å². The lowest BCUT2D eigenvalue weighted by Gasteiger charge is -2.21. The van der Waals surface area contributed by atoms with Crippen LogP contribution >= 0.6 is 0 Å². The Morgan fingerprint density at radius 3 is 3.05 bits per heavy atom. The van der Waals surface area contributed by atoms with Crippen LogP contribution in [0, 0.1) is 0 Å². The number of carbonyl (C=O) groups excluding carboxylic acids is 1. The predicted octanol–water partition coefficient (Wildman–Crippen LogP) is 1.01. The zero-order chi connectivity index (χ0) is 13.9. The molecule has 1 aromatic rings. The van der Waals surface area contributed by atoms with Crippen LogP contribution in [0.15, 0.2) is 4.42 Å². The average molecular weight is 279 g/mol. The van der Waals surface area contributed by atoms with E-state index in [9.17, 15) is 4.79 Å². The molecular formula is C13H21N5O2. The number of hydrogen-bond acceptors (Lipinski definition) is 5. The van der Waals surface area contributed by atoms with Gasteiger partial charge in [-0.1, -0.05) is 0 Å². The summed E-state index contributed by atoms with van der Waals surface area (Å²) in [5.41, 5.74) is 0. The van der Waals surface area contributed by atoms with E-state index in [2.05, 4.69) is 20.8 Å². The Morgan fingerprint density at radius 2 is 2.30 bits per heavy atom. The van der Waals surface area contributed by atoms with Gasteiger partial charge in [0.05, 0.1) is 5.92 Å². The fraction of sp³-hybridized carbons (Fsp3) is 0.769. The minimum Gasteiger partial charge on any atom is -0.423 e. The number of urea groups is 1. The third kappa shape index (κ3) is 2.49. The van der Waals surface area contributed by atoms with Gasteiger partial charge in [-0.3, -0.25) is 0 Å². The maximum atomic E-state index is 12.0. The average Bonchev–Trinajstić information content (AvgIpc) is 3.19. The summed E-state index contributed by atoms with van der Waals surface area (Å²) in [6.45, 7) is 5.19. The van der Waals surface area contributed by atoms with Gasteiger partial charge < -0.3 is 20.0 Å². The molecule has 7 nitrogen and oxygen atoms in total. The maximum absolute atomic E-state index is 12.0. The highest BCUT2D eigenvalue weighted by Gasteiger charge is 2.34. The first-order chi connectivity index (χ1) is 9.79. The molecule has 2 atom stereocenters. The molecule has 2 aliphatic heterocycles. The minimum absolute atomic E-state index is 0.0442. The SMILES string of the molecule is CCNC(=O)N1CCC[C@@H]1c1nnc([C@@H]2CCNC2)o1. The Balaban J connectivity index is 1.72. The lowest BCUT2D eigenvalue weighted by Crippen LogP contribution is -2.39. The Bertz CT molecular complexity index is 469. The molecule has 0 radical (unpaired) electrons. The second-order valence-electron chi connectivity index (χ2n) is 5.36. The molecule has 110 valence electrons. The third-order valence-corrected chi connectivity index (χ3v) is 3.99. The molecule has 0 saturated carbocycles. The zero-order valence-corrected chi connectivity index (χ0v) is 11.8. The fourth-order valence-electron chi connectivity index (χ4n) is 2.93. The standard InChI is InChI=1S/C13H21N5O2/c1-2-15-13(19)18-7-3-4-10(18)12-17-16-11(20-12)9-5-6-14-8-9/h9-10,14H,2-8H2,1H3,(H,15,19)/t9-,10-/m1/s1. The number of nitrogens with one attached hydrogen (secondary N) is 2. The summed E-state index contributed by atoms with van der Waals surface area (Å²) in [4.78, 5) is 13.8. The van der Waals surface area contributed by atoms with Crippen molar-refractivity contribution in [3.05, 3.63) is 11.8 Å². The lowest BCUT2D eigenvalue weighted by atomic mass is 10.1. The number of nitrogens with zero attached hydrogens (tertiary/aromatic N) is 3. The number of likely N-dealkylation sites (tertiary alicyclic amines) is 1. The second kappa shape index (κ2) is 5.78. The zero-order valence-electron chi connectivity index (χ0n) is 11.8. The Kier molecular flexibility index (Phi) is 3.86. The number of aromatic nitrogens is 2. The van der Waals surface area contributed by atoms with E-state index >= 15 is 0 Å². The van der Waals surface area contributed by atoms with Gasteiger partial charge in [0.25, 0.3) is 0 Å². The van der Waals surface area contributed by atoms with Crippen LogP contribution in [0.1, 0.15) is 49.9 Å². The topological polar surface area (TPSA) is 83.3 Å². The molecule has 20 heavy (non-hydrogen) atoms. The van der Waals surface area contributed by atoms with Crippen LogP contribution in [-0.4, -0.2) is 47.3 Å². The summed E-state index contributed by atoms with van der Waals surface area (Å²) in [5.74, 6) is 1.60. The Hall–Kier alpha value is -1.63. The van der Waals surface area contributed by atoms with Crippen LogP contribution < -0.4 is 10.6 Å². The summed E-state index contributed by atoms with van der Waals surface area (Å²) in [7, 11) is 0. The van der Waals surface area contributed by atoms with E-state index in [0.717, 1.165) is 38.9 Å². The molecule has 1 aromatic heterocycles. The molecule has 7 heteroatoms. The fourth-order valence-corrected chi connectivity index (χ4v) is 2.93. The normalized spacial score (nSPS) is 26.1. The van der Waals surface area contributed by atoms with Gasteiger partial charge in [-0.25, -0.2) is 4.79 Å². The molecule has 0 spiro atoms. The third-order valence-electron chi connectivity index (χ3n) is 3.99. The van der Waals surface area contributed by atoms with Crippen LogP contribution in [0.4, 0.5) is 4.79 Å².